The van der Waals surface area contributed by atoms with Crippen molar-refractivity contribution in [1.29, 1.82) is 0 Å². The van der Waals surface area contributed by atoms with Gasteiger partial charge in [0.15, 0.2) is 0 Å². The molecule has 0 aliphatic carbocycles. The predicted molar refractivity (Wildman–Crippen MR) is 53.2 cm³/mol. The lowest BCUT2D eigenvalue weighted by molar-refractivity contribution is 0.119. The minimum absolute atomic E-state index is 0.611. The third-order valence-electron chi connectivity index (χ3n) is 0.894. The fourth-order valence-corrected chi connectivity index (χ4v) is 3.12. The van der Waals surface area contributed by atoms with Crippen LogP contribution in [0.2, 0.25) is 0 Å². The first kappa shape index (κ1) is 15.3. The normalized spacial score (nSPS) is 20.3. The van der Waals surface area contributed by atoms with Gasteiger partial charge in [-0.25, -0.2) is 9.13 Å². The van der Waals surface area contributed by atoms with E-state index in [4.69, 9.17) is 9.79 Å². The molecule has 0 spiro atoms. The molecule has 2 atom stereocenters. The average Bonchev–Trinajstić information content (AvgIpc) is 1.73. The molecule has 2 unspecified atom stereocenters. The van der Waals surface area contributed by atoms with Crippen molar-refractivity contribution >= 4 is 15.6 Å². The summed E-state index contributed by atoms with van der Waals surface area (Å²) >= 11 is 0. The van der Waals surface area contributed by atoms with Gasteiger partial charge in [0.05, 0.1) is 12.2 Å². The Morgan fingerprint density at radius 2 is 1.13 bits per heavy atom. The molecule has 0 heterocycles. The molecule has 0 rings (SSSR count). The highest BCUT2D eigenvalue weighted by molar-refractivity contribution is 7.61. The van der Waals surface area contributed by atoms with Gasteiger partial charge in [0.2, 0.25) is 0 Å². The van der Waals surface area contributed by atoms with Gasteiger partial charge in [-0.3, -0.25) is 9.05 Å². The van der Waals surface area contributed by atoms with Crippen LogP contribution in [0.3, 0.4) is 0 Å². The zero-order valence-electron chi connectivity index (χ0n) is 8.98. The zero-order valence-corrected chi connectivity index (χ0v) is 10.8. The lowest BCUT2D eigenvalue weighted by Crippen LogP contribution is -2.05. The van der Waals surface area contributed by atoms with Crippen LogP contribution in [0.4, 0.5) is 0 Å². The minimum Gasteiger partial charge on any atom is -0.302 e. The summed E-state index contributed by atoms with van der Waals surface area (Å²) in [5.74, 6) is 0. The van der Waals surface area contributed by atoms with Crippen LogP contribution in [0.15, 0.2) is 0 Å². The molecule has 0 saturated carbocycles. The maximum atomic E-state index is 11.1. The zero-order chi connectivity index (χ0) is 12.3. The van der Waals surface area contributed by atoms with E-state index in [0.717, 1.165) is 0 Å². The molecular formula is C6H16O7P2. The standard InChI is InChI=1S/C6H16O7P2/c1-5(2)11-14(7,8)13-15(9,10)12-6(3)4/h5-6H,1-4H3,(H,7,8)(H,9,10). The van der Waals surface area contributed by atoms with Crippen LogP contribution in [0.25, 0.3) is 0 Å². The summed E-state index contributed by atoms with van der Waals surface area (Å²) in [5.41, 5.74) is 0. The quantitative estimate of drug-likeness (QED) is 0.706. The minimum atomic E-state index is -4.56. The highest BCUT2D eigenvalue weighted by Crippen LogP contribution is 2.61. The molecule has 0 fully saturated rings. The first-order valence-electron chi connectivity index (χ1n) is 4.28. The van der Waals surface area contributed by atoms with Crippen molar-refractivity contribution in [2.24, 2.45) is 0 Å². The van der Waals surface area contributed by atoms with E-state index in [2.05, 4.69) is 13.4 Å². The molecule has 2 N–H and O–H groups in total. The van der Waals surface area contributed by atoms with E-state index in [1.54, 1.807) is 0 Å². The summed E-state index contributed by atoms with van der Waals surface area (Å²) in [5, 5.41) is 0. The third kappa shape index (κ3) is 8.11. The smallest absolute Gasteiger partial charge is 0.302 e. The van der Waals surface area contributed by atoms with Gasteiger partial charge < -0.3 is 9.79 Å². The van der Waals surface area contributed by atoms with Gasteiger partial charge in [-0.05, 0) is 27.7 Å². The molecule has 9 heteroatoms. The molecule has 0 radical (unpaired) electrons. The molecule has 0 bridgehead atoms. The van der Waals surface area contributed by atoms with Crippen LogP contribution in [-0.4, -0.2) is 22.0 Å². The van der Waals surface area contributed by atoms with E-state index in [1.807, 2.05) is 0 Å². The third-order valence-corrected chi connectivity index (χ3v) is 3.92. The number of hydrogen-bond acceptors (Lipinski definition) is 5. The molecule has 15 heavy (non-hydrogen) atoms. The Balaban J connectivity index is 4.44. The van der Waals surface area contributed by atoms with Crippen LogP contribution < -0.4 is 0 Å². The van der Waals surface area contributed by atoms with Gasteiger partial charge in [0, 0.05) is 0 Å². The van der Waals surface area contributed by atoms with Crippen molar-refractivity contribution in [2.75, 3.05) is 0 Å². The maximum Gasteiger partial charge on any atom is 0.481 e. The number of phosphoric acid groups is 2. The SMILES string of the molecule is CC(C)OP(=O)(O)OP(=O)(O)OC(C)C. The Morgan fingerprint density at radius 1 is 0.867 bits per heavy atom. The van der Waals surface area contributed by atoms with E-state index in [-0.39, 0.29) is 0 Å². The summed E-state index contributed by atoms with van der Waals surface area (Å²) in [6, 6.07) is 0. The van der Waals surface area contributed by atoms with Crippen molar-refractivity contribution in [3.8, 4) is 0 Å². The summed E-state index contributed by atoms with van der Waals surface area (Å²) in [6.07, 6.45) is -1.22. The molecule has 0 aromatic rings. The van der Waals surface area contributed by atoms with Crippen molar-refractivity contribution < 1.29 is 32.3 Å². The van der Waals surface area contributed by atoms with Crippen LogP contribution >= 0.6 is 15.6 Å². The summed E-state index contributed by atoms with van der Waals surface area (Å²) < 4.78 is 35.1. The topological polar surface area (TPSA) is 102 Å². The van der Waals surface area contributed by atoms with Gasteiger partial charge in [-0.2, -0.15) is 4.31 Å². The maximum absolute atomic E-state index is 11.1. The van der Waals surface area contributed by atoms with Crippen LogP contribution in [-0.2, 0) is 22.5 Å². The van der Waals surface area contributed by atoms with Crippen LogP contribution in [0.1, 0.15) is 27.7 Å². The van der Waals surface area contributed by atoms with E-state index in [1.165, 1.54) is 27.7 Å². The van der Waals surface area contributed by atoms with Crippen molar-refractivity contribution in [3.05, 3.63) is 0 Å². The van der Waals surface area contributed by atoms with Crippen LogP contribution in [0, 0.1) is 0 Å². The Kier molecular flexibility index (Phi) is 5.64. The van der Waals surface area contributed by atoms with Gasteiger partial charge in [0.1, 0.15) is 0 Å². The summed E-state index contributed by atoms with van der Waals surface area (Å²) in [6.45, 7) is 5.94. The average molecular weight is 262 g/mol. The largest absolute Gasteiger partial charge is 0.481 e. The molecule has 92 valence electrons. The Bertz CT molecular complexity index is 259. The van der Waals surface area contributed by atoms with Gasteiger partial charge >= 0.3 is 15.6 Å². The van der Waals surface area contributed by atoms with Gasteiger partial charge in [0.25, 0.3) is 0 Å². The molecule has 0 saturated heterocycles. The van der Waals surface area contributed by atoms with E-state index in [0.29, 0.717) is 0 Å². The molecule has 0 amide bonds. The van der Waals surface area contributed by atoms with E-state index < -0.39 is 27.9 Å². The molecule has 0 aromatic heterocycles. The number of phosphoric ester groups is 2. The second-order valence-corrected chi connectivity index (χ2v) is 6.28. The number of rotatable bonds is 6. The monoisotopic (exact) mass is 262 g/mol. The Labute approximate surface area is 88.6 Å². The fourth-order valence-electron chi connectivity index (χ4n) is 0.702. The second kappa shape index (κ2) is 5.55. The van der Waals surface area contributed by atoms with Gasteiger partial charge in [-0.15, -0.1) is 0 Å². The van der Waals surface area contributed by atoms with Crippen molar-refractivity contribution in [3.63, 3.8) is 0 Å². The van der Waals surface area contributed by atoms with E-state index >= 15 is 0 Å². The first-order valence-corrected chi connectivity index (χ1v) is 7.27. The number of hydrogen-bond donors (Lipinski definition) is 2. The first-order chi connectivity index (χ1) is 6.54. The Hall–Kier alpha value is 0.260. The second-order valence-electron chi connectivity index (χ2n) is 3.33. The van der Waals surface area contributed by atoms with Crippen LogP contribution in [0.5, 0.6) is 0 Å². The molecule has 0 aliphatic heterocycles. The highest BCUT2D eigenvalue weighted by atomic mass is 31.3. The van der Waals surface area contributed by atoms with E-state index in [9.17, 15) is 9.13 Å². The lowest BCUT2D eigenvalue weighted by atomic mass is 10.5. The fraction of sp³-hybridized carbons (Fsp3) is 1.00. The molecule has 0 aliphatic rings. The molecule has 0 aromatic carbocycles. The Morgan fingerprint density at radius 3 is 1.33 bits per heavy atom. The van der Waals surface area contributed by atoms with Crippen molar-refractivity contribution in [2.45, 2.75) is 39.9 Å². The van der Waals surface area contributed by atoms with Crippen molar-refractivity contribution in [1.82, 2.24) is 0 Å². The predicted octanol–water partition coefficient (Wildman–Crippen LogP) is 2.05. The van der Waals surface area contributed by atoms with Gasteiger partial charge in [-0.1, -0.05) is 0 Å². The summed E-state index contributed by atoms with van der Waals surface area (Å²) in [7, 11) is -9.13. The molecular weight excluding hydrogens is 246 g/mol. The summed E-state index contributed by atoms with van der Waals surface area (Å²) in [4.78, 5) is 18.1. The highest BCUT2D eigenvalue weighted by Gasteiger charge is 2.36. The lowest BCUT2D eigenvalue weighted by Gasteiger charge is -2.18. The molecule has 7 nitrogen and oxygen atoms in total.